The lowest BCUT2D eigenvalue weighted by Gasteiger charge is -2.16. The SMILES string of the molecule is CC(F)(F)c1cc2c(C(F)(F)F)c(C#N)ccc2n1CC(N)=NC(=O)c1cccc(C(F)(F)F)c1. The molecule has 0 aliphatic heterocycles. The lowest BCUT2D eigenvalue weighted by molar-refractivity contribution is -0.138. The fraction of sp³-hybridized carbons (Fsp3) is 0.227. The maximum absolute atomic E-state index is 14.3. The summed E-state index contributed by atoms with van der Waals surface area (Å²) < 4.78 is 109. The van der Waals surface area contributed by atoms with Gasteiger partial charge in [0.15, 0.2) is 0 Å². The summed E-state index contributed by atoms with van der Waals surface area (Å²) in [7, 11) is 0. The Bertz CT molecular complexity index is 1370. The molecular formula is C22H14F8N4O. The number of hydrogen-bond donors (Lipinski definition) is 1. The minimum atomic E-state index is -5.05. The van der Waals surface area contributed by atoms with E-state index >= 15 is 0 Å². The third-order valence-corrected chi connectivity index (χ3v) is 4.94. The summed E-state index contributed by atoms with van der Waals surface area (Å²) >= 11 is 0. The average molecular weight is 502 g/mol. The van der Waals surface area contributed by atoms with Gasteiger partial charge in [0.1, 0.15) is 5.84 Å². The van der Waals surface area contributed by atoms with Crippen molar-refractivity contribution in [3.05, 3.63) is 70.4 Å². The average Bonchev–Trinajstić information content (AvgIpc) is 3.10. The number of carbonyl (C=O) groups is 1. The van der Waals surface area contributed by atoms with E-state index in [1.54, 1.807) is 0 Å². The summed E-state index contributed by atoms with van der Waals surface area (Å²) in [6.45, 7) is -0.354. The van der Waals surface area contributed by atoms with Crippen molar-refractivity contribution >= 4 is 22.6 Å². The van der Waals surface area contributed by atoms with Crippen molar-refractivity contribution in [3.63, 3.8) is 0 Å². The van der Waals surface area contributed by atoms with Gasteiger partial charge in [-0.1, -0.05) is 6.07 Å². The van der Waals surface area contributed by atoms with Gasteiger partial charge < -0.3 is 10.3 Å². The van der Waals surface area contributed by atoms with Crippen LogP contribution in [0, 0.1) is 11.3 Å². The molecule has 1 amide bonds. The lowest BCUT2D eigenvalue weighted by Crippen LogP contribution is -2.25. The second-order valence-corrected chi connectivity index (χ2v) is 7.52. The second kappa shape index (κ2) is 8.68. The van der Waals surface area contributed by atoms with Crippen LogP contribution in [-0.2, 0) is 24.8 Å². The second-order valence-electron chi connectivity index (χ2n) is 7.52. The van der Waals surface area contributed by atoms with Gasteiger partial charge in [-0.3, -0.25) is 4.79 Å². The third kappa shape index (κ3) is 5.26. The molecule has 0 aliphatic carbocycles. The van der Waals surface area contributed by atoms with Crippen LogP contribution in [0.1, 0.15) is 39.7 Å². The summed E-state index contributed by atoms with van der Waals surface area (Å²) in [4.78, 5) is 15.7. The van der Waals surface area contributed by atoms with E-state index in [9.17, 15) is 39.9 Å². The Balaban J connectivity index is 2.11. The van der Waals surface area contributed by atoms with E-state index < -0.39 is 69.9 Å². The van der Waals surface area contributed by atoms with Gasteiger partial charge >= 0.3 is 12.4 Å². The fourth-order valence-corrected chi connectivity index (χ4v) is 3.49. The molecular weight excluding hydrogens is 488 g/mol. The van der Waals surface area contributed by atoms with Gasteiger partial charge in [-0.25, -0.2) is 8.78 Å². The van der Waals surface area contributed by atoms with E-state index in [2.05, 4.69) is 4.99 Å². The Labute approximate surface area is 192 Å². The van der Waals surface area contributed by atoms with Crippen LogP contribution in [0.15, 0.2) is 47.5 Å². The molecule has 0 radical (unpaired) electrons. The smallest absolute Gasteiger partial charge is 0.386 e. The Kier molecular flexibility index (Phi) is 6.37. The molecule has 0 aliphatic rings. The number of hydrogen-bond acceptors (Lipinski definition) is 2. The zero-order valence-corrected chi connectivity index (χ0v) is 17.6. The normalized spacial score (nSPS) is 13.2. The summed E-state index contributed by atoms with van der Waals surface area (Å²) in [5.41, 5.74) is 0.589. The van der Waals surface area contributed by atoms with Crippen LogP contribution in [0.5, 0.6) is 0 Å². The van der Waals surface area contributed by atoms with E-state index in [1.165, 1.54) is 6.07 Å². The molecule has 0 atom stereocenters. The first-order valence-corrected chi connectivity index (χ1v) is 9.60. The Morgan fingerprint density at radius 3 is 2.23 bits per heavy atom. The van der Waals surface area contributed by atoms with Crippen LogP contribution < -0.4 is 5.73 Å². The van der Waals surface area contributed by atoms with Crippen LogP contribution in [0.4, 0.5) is 35.1 Å². The predicted molar refractivity (Wildman–Crippen MR) is 109 cm³/mol. The summed E-state index contributed by atoms with van der Waals surface area (Å²) in [5, 5.41) is 8.36. The van der Waals surface area contributed by atoms with E-state index in [4.69, 9.17) is 11.0 Å². The van der Waals surface area contributed by atoms with Gasteiger partial charge in [0.05, 0.1) is 35.0 Å². The molecule has 0 spiro atoms. The van der Waals surface area contributed by atoms with E-state index in [0.29, 0.717) is 23.6 Å². The van der Waals surface area contributed by atoms with E-state index in [1.807, 2.05) is 0 Å². The molecule has 3 aromatic rings. The third-order valence-electron chi connectivity index (χ3n) is 4.94. The van der Waals surface area contributed by atoms with Gasteiger partial charge in [-0.15, -0.1) is 0 Å². The number of carbonyl (C=O) groups excluding carboxylic acids is 1. The molecule has 1 heterocycles. The van der Waals surface area contributed by atoms with Crippen molar-refractivity contribution in [3.8, 4) is 6.07 Å². The zero-order chi connectivity index (χ0) is 26.3. The molecule has 2 N–H and O–H groups in total. The topological polar surface area (TPSA) is 84.2 Å². The van der Waals surface area contributed by atoms with Crippen molar-refractivity contribution in [2.24, 2.45) is 10.7 Å². The minimum Gasteiger partial charge on any atom is -0.386 e. The van der Waals surface area contributed by atoms with Gasteiger partial charge in [0.2, 0.25) is 0 Å². The number of halogens is 8. The number of nitriles is 1. The van der Waals surface area contributed by atoms with Gasteiger partial charge in [-0.05, 0) is 36.4 Å². The Morgan fingerprint density at radius 1 is 1.03 bits per heavy atom. The van der Waals surface area contributed by atoms with Crippen molar-refractivity contribution < 1.29 is 39.9 Å². The van der Waals surface area contributed by atoms with Gasteiger partial charge in [-0.2, -0.15) is 36.6 Å². The fourth-order valence-electron chi connectivity index (χ4n) is 3.49. The Hall–Kier alpha value is -3.95. The standard InChI is InChI=1S/C22H14F8N4O/c1-20(23,24)16-8-14-15(6-5-12(9-31)18(14)22(28,29)30)34(16)10-17(32)33-19(35)11-3-2-4-13(7-11)21(25,26)27/h2-8H,10H2,1H3,(H2,32,33,35). The van der Waals surface area contributed by atoms with Crippen molar-refractivity contribution in [1.29, 1.82) is 5.26 Å². The number of nitrogens with zero attached hydrogens (tertiary/aromatic N) is 3. The number of alkyl halides is 8. The maximum Gasteiger partial charge on any atom is 0.418 e. The number of aromatic nitrogens is 1. The molecule has 1 aromatic heterocycles. The molecule has 0 saturated heterocycles. The first-order chi connectivity index (χ1) is 16.0. The first-order valence-electron chi connectivity index (χ1n) is 9.60. The number of amides is 1. The largest absolute Gasteiger partial charge is 0.418 e. The summed E-state index contributed by atoms with van der Waals surface area (Å²) in [5.74, 6) is -5.52. The van der Waals surface area contributed by atoms with Crippen LogP contribution in [-0.4, -0.2) is 16.3 Å². The van der Waals surface area contributed by atoms with Crippen LogP contribution in [0.25, 0.3) is 10.9 Å². The van der Waals surface area contributed by atoms with Crippen LogP contribution in [0.3, 0.4) is 0 Å². The molecule has 0 saturated carbocycles. The number of rotatable bonds is 4. The summed E-state index contributed by atoms with van der Waals surface area (Å²) in [6.07, 6.45) is -9.79. The van der Waals surface area contributed by atoms with Crippen molar-refractivity contribution in [2.75, 3.05) is 0 Å². The Morgan fingerprint density at radius 2 is 1.69 bits per heavy atom. The summed E-state index contributed by atoms with van der Waals surface area (Å²) in [6, 6.07) is 7.00. The molecule has 2 aromatic carbocycles. The van der Waals surface area contributed by atoms with E-state index in [-0.39, 0.29) is 5.52 Å². The molecule has 0 bridgehead atoms. The lowest BCUT2D eigenvalue weighted by atomic mass is 10.0. The molecule has 0 unspecified atom stereocenters. The predicted octanol–water partition coefficient (Wildman–Crippen LogP) is 5.86. The molecule has 5 nitrogen and oxygen atoms in total. The number of nitrogens with two attached hydrogens (primary N) is 1. The number of amidine groups is 1. The number of aliphatic imine (C=N–C) groups is 1. The number of fused-ring (bicyclic) bond motifs is 1. The van der Waals surface area contributed by atoms with Crippen molar-refractivity contribution in [2.45, 2.75) is 31.7 Å². The highest BCUT2D eigenvalue weighted by atomic mass is 19.4. The van der Waals surface area contributed by atoms with Crippen molar-refractivity contribution in [1.82, 2.24) is 4.57 Å². The monoisotopic (exact) mass is 502 g/mol. The van der Waals surface area contributed by atoms with Gasteiger partial charge in [0, 0.05) is 23.4 Å². The highest BCUT2D eigenvalue weighted by molar-refractivity contribution is 6.03. The zero-order valence-electron chi connectivity index (χ0n) is 17.6. The molecule has 0 fully saturated rings. The quantitative estimate of drug-likeness (QED) is 0.276. The van der Waals surface area contributed by atoms with Crippen LogP contribution in [0.2, 0.25) is 0 Å². The molecule has 184 valence electrons. The minimum absolute atomic E-state index is 0.363. The highest BCUT2D eigenvalue weighted by Gasteiger charge is 2.39. The molecule has 3 rings (SSSR count). The molecule has 35 heavy (non-hydrogen) atoms. The van der Waals surface area contributed by atoms with Gasteiger partial charge in [0.25, 0.3) is 11.8 Å². The first kappa shape index (κ1) is 25.7. The highest BCUT2D eigenvalue weighted by Crippen LogP contribution is 2.41. The van der Waals surface area contributed by atoms with E-state index in [0.717, 1.165) is 30.3 Å². The maximum atomic E-state index is 14.3. The van der Waals surface area contributed by atoms with Crippen LogP contribution >= 0.6 is 0 Å². The number of benzene rings is 2. The molecule has 13 heteroatoms.